The molecule has 2 heteroatoms. The third-order valence-corrected chi connectivity index (χ3v) is 4.54. The van der Waals surface area contributed by atoms with Crippen molar-refractivity contribution in [2.24, 2.45) is 11.3 Å². The molecule has 1 aromatic rings. The maximum absolute atomic E-state index is 10.2. The van der Waals surface area contributed by atoms with Gasteiger partial charge in [0.05, 0.1) is 6.10 Å². The Hall–Kier alpha value is -0.340. The Bertz CT molecular complexity index is 351. The fraction of sp³-hybridized carbons (Fsp3) is 0.667. The SMILES string of the molecule is Cc1cc(C)c(C(O)C2CC2(C)C)s1. The van der Waals surface area contributed by atoms with Gasteiger partial charge in [0.2, 0.25) is 0 Å². The van der Waals surface area contributed by atoms with Crippen LogP contribution in [0, 0.1) is 25.2 Å². The molecule has 2 unspecified atom stereocenters. The second kappa shape index (κ2) is 3.07. The number of hydrogen-bond donors (Lipinski definition) is 1. The summed E-state index contributed by atoms with van der Waals surface area (Å²) >= 11 is 1.74. The van der Waals surface area contributed by atoms with Crippen LogP contribution in [0.25, 0.3) is 0 Å². The molecule has 0 radical (unpaired) electrons. The molecule has 1 fully saturated rings. The zero-order chi connectivity index (χ0) is 10.5. The van der Waals surface area contributed by atoms with E-state index in [0.717, 1.165) is 6.42 Å². The molecule has 0 bridgehead atoms. The zero-order valence-electron chi connectivity index (χ0n) is 9.29. The molecule has 1 aliphatic carbocycles. The van der Waals surface area contributed by atoms with Gasteiger partial charge in [-0.05, 0) is 43.2 Å². The van der Waals surface area contributed by atoms with E-state index in [1.54, 1.807) is 11.3 Å². The number of thiophene rings is 1. The maximum atomic E-state index is 10.2. The summed E-state index contributed by atoms with van der Waals surface area (Å²) in [7, 11) is 0. The van der Waals surface area contributed by atoms with Crippen molar-refractivity contribution in [2.45, 2.75) is 40.2 Å². The van der Waals surface area contributed by atoms with Gasteiger partial charge < -0.3 is 5.11 Å². The molecule has 1 N–H and O–H groups in total. The number of aliphatic hydroxyl groups is 1. The van der Waals surface area contributed by atoms with E-state index < -0.39 is 0 Å². The number of rotatable bonds is 2. The molecule has 1 saturated carbocycles. The van der Waals surface area contributed by atoms with E-state index in [2.05, 4.69) is 33.8 Å². The maximum Gasteiger partial charge on any atom is 0.0918 e. The molecule has 0 aromatic carbocycles. The summed E-state index contributed by atoms with van der Waals surface area (Å²) in [6.45, 7) is 8.66. The van der Waals surface area contributed by atoms with Gasteiger partial charge in [0, 0.05) is 9.75 Å². The molecule has 2 rings (SSSR count). The number of hydrogen-bond acceptors (Lipinski definition) is 2. The average Bonchev–Trinajstić information content (AvgIpc) is 2.55. The normalized spacial score (nSPS) is 26.2. The summed E-state index contributed by atoms with van der Waals surface area (Å²) in [4.78, 5) is 2.48. The van der Waals surface area contributed by atoms with Crippen LogP contribution in [0.15, 0.2) is 6.07 Å². The molecule has 0 amide bonds. The highest BCUT2D eigenvalue weighted by atomic mass is 32.1. The first-order chi connectivity index (χ1) is 6.42. The van der Waals surface area contributed by atoms with Gasteiger partial charge >= 0.3 is 0 Å². The van der Waals surface area contributed by atoms with Crippen LogP contribution in [0.1, 0.15) is 41.7 Å². The van der Waals surface area contributed by atoms with Crippen LogP contribution in [-0.2, 0) is 0 Å². The van der Waals surface area contributed by atoms with Gasteiger partial charge in [-0.25, -0.2) is 0 Å². The Labute approximate surface area is 89.8 Å². The summed E-state index contributed by atoms with van der Waals surface area (Å²) in [5.74, 6) is 0.472. The largest absolute Gasteiger partial charge is 0.387 e. The second-order valence-corrected chi connectivity index (χ2v) is 6.44. The average molecular weight is 210 g/mol. The Balaban J connectivity index is 2.20. The number of aryl methyl sites for hydroxylation is 2. The van der Waals surface area contributed by atoms with Gasteiger partial charge in [0.15, 0.2) is 0 Å². The topological polar surface area (TPSA) is 20.2 Å². The smallest absolute Gasteiger partial charge is 0.0918 e. The highest BCUT2D eigenvalue weighted by Gasteiger charge is 2.50. The van der Waals surface area contributed by atoms with Crippen molar-refractivity contribution in [3.63, 3.8) is 0 Å². The first kappa shape index (κ1) is 10.2. The lowest BCUT2D eigenvalue weighted by molar-refractivity contribution is 0.141. The van der Waals surface area contributed by atoms with E-state index in [1.165, 1.54) is 15.3 Å². The summed E-state index contributed by atoms with van der Waals surface area (Å²) < 4.78 is 0. The van der Waals surface area contributed by atoms with Crippen LogP contribution < -0.4 is 0 Å². The van der Waals surface area contributed by atoms with Crippen molar-refractivity contribution in [3.05, 3.63) is 21.4 Å². The standard InChI is InChI=1S/C12H18OS/c1-7-5-8(2)14-11(7)10(13)9-6-12(9,3)4/h5,9-10,13H,6H2,1-4H3. The van der Waals surface area contributed by atoms with Crippen LogP contribution in [0.4, 0.5) is 0 Å². The van der Waals surface area contributed by atoms with Crippen LogP contribution in [0.3, 0.4) is 0 Å². The predicted molar refractivity (Wildman–Crippen MR) is 60.6 cm³/mol. The van der Waals surface area contributed by atoms with Crippen LogP contribution in [-0.4, -0.2) is 5.11 Å². The lowest BCUT2D eigenvalue weighted by Gasteiger charge is -2.11. The molecule has 14 heavy (non-hydrogen) atoms. The van der Waals surface area contributed by atoms with Crippen molar-refractivity contribution in [1.82, 2.24) is 0 Å². The van der Waals surface area contributed by atoms with Crippen LogP contribution in [0.2, 0.25) is 0 Å². The number of aliphatic hydroxyl groups excluding tert-OH is 1. The van der Waals surface area contributed by atoms with E-state index in [-0.39, 0.29) is 6.10 Å². The lowest BCUT2D eigenvalue weighted by Crippen LogP contribution is -2.03. The molecular weight excluding hydrogens is 192 g/mol. The Morgan fingerprint density at radius 1 is 1.50 bits per heavy atom. The van der Waals surface area contributed by atoms with E-state index >= 15 is 0 Å². The molecule has 1 heterocycles. The molecule has 2 atom stereocenters. The van der Waals surface area contributed by atoms with Crippen molar-refractivity contribution >= 4 is 11.3 Å². The minimum Gasteiger partial charge on any atom is -0.387 e. The Kier molecular flexibility index (Phi) is 2.24. The first-order valence-corrected chi connectivity index (χ1v) is 5.98. The van der Waals surface area contributed by atoms with Crippen LogP contribution >= 0.6 is 11.3 Å². The van der Waals surface area contributed by atoms with E-state index in [4.69, 9.17) is 0 Å². The summed E-state index contributed by atoms with van der Waals surface area (Å²) in [5, 5.41) is 10.2. The second-order valence-electron chi connectivity index (χ2n) is 5.15. The summed E-state index contributed by atoms with van der Waals surface area (Å²) in [6, 6.07) is 2.17. The van der Waals surface area contributed by atoms with E-state index in [1.807, 2.05) is 0 Å². The third kappa shape index (κ3) is 1.61. The zero-order valence-corrected chi connectivity index (χ0v) is 10.1. The van der Waals surface area contributed by atoms with Crippen molar-refractivity contribution in [2.75, 3.05) is 0 Å². The third-order valence-electron chi connectivity index (χ3n) is 3.32. The van der Waals surface area contributed by atoms with Gasteiger partial charge in [-0.2, -0.15) is 0 Å². The monoisotopic (exact) mass is 210 g/mol. The van der Waals surface area contributed by atoms with Gasteiger partial charge in [-0.15, -0.1) is 11.3 Å². The minimum atomic E-state index is -0.233. The minimum absolute atomic E-state index is 0.233. The molecule has 0 spiro atoms. The summed E-state index contributed by atoms with van der Waals surface area (Å²) in [5.41, 5.74) is 1.60. The molecule has 1 aliphatic rings. The molecule has 0 aliphatic heterocycles. The van der Waals surface area contributed by atoms with Gasteiger partial charge in [-0.3, -0.25) is 0 Å². The van der Waals surface area contributed by atoms with Crippen molar-refractivity contribution in [1.29, 1.82) is 0 Å². The lowest BCUT2D eigenvalue weighted by atomic mass is 10.0. The highest BCUT2D eigenvalue weighted by Crippen LogP contribution is 2.58. The summed E-state index contributed by atoms with van der Waals surface area (Å²) in [6.07, 6.45) is 0.925. The molecule has 0 saturated heterocycles. The predicted octanol–water partition coefficient (Wildman–Crippen LogP) is 3.44. The Morgan fingerprint density at radius 2 is 2.07 bits per heavy atom. The quantitative estimate of drug-likeness (QED) is 0.792. The van der Waals surface area contributed by atoms with Crippen LogP contribution in [0.5, 0.6) is 0 Å². The van der Waals surface area contributed by atoms with Crippen molar-refractivity contribution < 1.29 is 5.11 Å². The fourth-order valence-corrected chi connectivity index (χ4v) is 3.27. The fourth-order valence-electron chi connectivity index (χ4n) is 2.18. The van der Waals surface area contributed by atoms with Gasteiger partial charge in [0.1, 0.15) is 0 Å². The first-order valence-electron chi connectivity index (χ1n) is 5.17. The Morgan fingerprint density at radius 3 is 2.43 bits per heavy atom. The highest BCUT2D eigenvalue weighted by molar-refractivity contribution is 7.12. The van der Waals surface area contributed by atoms with Gasteiger partial charge in [0.25, 0.3) is 0 Å². The molecule has 1 nitrogen and oxygen atoms in total. The molecular formula is C12H18OS. The molecule has 1 aromatic heterocycles. The van der Waals surface area contributed by atoms with Crippen molar-refractivity contribution in [3.8, 4) is 0 Å². The van der Waals surface area contributed by atoms with Gasteiger partial charge in [-0.1, -0.05) is 13.8 Å². The van der Waals surface area contributed by atoms with E-state index in [9.17, 15) is 5.11 Å². The molecule has 78 valence electrons. The van der Waals surface area contributed by atoms with E-state index in [0.29, 0.717) is 11.3 Å².